The number of carbonyl (C=O) groups is 1. The van der Waals surface area contributed by atoms with Crippen molar-refractivity contribution in [3.05, 3.63) is 40.5 Å². The number of nitrogens with zero attached hydrogens (tertiary/aromatic N) is 1. The number of halogens is 1. The lowest BCUT2D eigenvalue weighted by atomic mass is 10.1. The Kier molecular flexibility index (Phi) is 2.30. The Hall–Kier alpha value is -1.61. The van der Waals surface area contributed by atoms with Crippen molar-refractivity contribution in [1.82, 2.24) is 4.98 Å². The third-order valence-corrected chi connectivity index (χ3v) is 3.36. The normalized spacial score (nSPS) is 15.1. The number of carboxylic acid groups (broad SMARTS) is 1. The number of hydrogen-bond donors (Lipinski definition) is 1. The van der Waals surface area contributed by atoms with Crippen molar-refractivity contribution in [2.45, 2.75) is 18.8 Å². The second kappa shape index (κ2) is 3.70. The lowest BCUT2D eigenvalue weighted by molar-refractivity contribution is 0.0697. The van der Waals surface area contributed by atoms with Crippen molar-refractivity contribution < 1.29 is 9.90 Å². The van der Waals surface area contributed by atoms with Crippen LogP contribution in [0.3, 0.4) is 0 Å². The molecule has 86 valence electrons. The van der Waals surface area contributed by atoms with Crippen LogP contribution in [-0.4, -0.2) is 16.1 Å². The van der Waals surface area contributed by atoms with Gasteiger partial charge in [-0.2, -0.15) is 0 Å². The van der Waals surface area contributed by atoms with Crippen LogP contribution in [0.4, 0.5) is 0 Å². The Bertz CT molecular complexity index is 620. The van der Waals surface area contributed by atoms with E-state index in [1.165, 1.54) is 18.4 Å². The fourth-order valence-electron chi connectivity index (χ4n) is 1.98. The van der Waals surface area contributed by atoms with Gasteiger partial charge in [-0.25, -0.2) is 9.78 Å². The molecule has 0 saturated heterocycles. The molecule has 3 rings (SSSR count). The lowest BCUT2D eigenvalue weighted by Crippen LogP contribution is -1.99. The van der Waals surface area contributed by atoms with Gasteiger partial charge in [0.25, 0.3) is 0 Å². The maximum absolute atomic E-state index is 10.9. The zero-order valence-corrected chi connectivity index (χ0v) is 9.74. The van der Waals surface area contributed by atoms with Crippen LogP contribution in [0.15, 0.2) is 24.3 Å². The molecule has 0 unspecified atom stereocenters. The molecule has 4 heteroatoms. The van der Waals surface area contributed by atoms with E-state index in [9.17, 15) is 4.79 Å². The van der Waals surface area contributed by atoms with Crippen molar-refractivity contribution in [3.8, 4) is 0 Å². The van der Waals surface area contributed by atoms with E-state index in [0.29, 0.717) is 5.92 Å². The van der Waals surface area contributed by atoms with Gasteiger partial charge in [0.2, 0.25) is 0 Å². The molecule has 1 saturated carbocycles. The second-order valence-corrected chi connectivity index (χ2v) is 4.72. The number of fused-ring (bicyclic) bond motifs is 1. The summed E-state index contributed by atoms with van der Waals surface area (Å²) in [6.45, 7) is 0. The number of pyridine rings is 1. The topological polar surface area (TPSA) is 50.2 Å². The van der Waals surface area contributed by atoms with Crippen molar-refractivity contribution in [2.75, 3.05) is 0 Å². The third-order valence-electron chi connectivity index (χ3n) is 3.07. The summed E-state index contributed by atoms with van der Waals surface area (Å²) in [4.78, 5) is 15.1. The summed E-state index contributed by atoms with van der Waals surface area (Å²) in [5.74, 6) is -0.394. The lowest BCUT2D eigenvalue weighted by Gasteiger charge is -2.04. The van der Waals surface area contributed by atoms with Crippen molar-refractivity contribution >= 4 is 28.5 Å². The van der Waals surface area contributed by atoms with Gasteiger partial charge in [-0.05, 0) is 36.5 Å². The van der Waals surface area contributed by atoms with Crippen LogP contribution >= 0.6 is 11.6 Å². The van der Waals surface area contributed by atoms with E-state index in [1.54, 1.807) is 6.07 Å². The summed E-state index contributed by atoms with van der Waals surface area (Å²) < 4.78 is 0. The van der Waals surface area contributed by atoms with Crippen LogP contribution in [0.1, 0.15) is 34.7 Å². The van der Waals surface area contributed by atoms with Crippen molar-refractivity contribution in [3.63, 3.8) is 0 Å². The molecule has 0 bridgehead atoms. The summed E-state index contributed by atoms with van der Waals surface area (Å²) in [7, 11) is 0. The minimum absolute atomic E-state index is 0.0537. The van der Waals surface area contributed by atoms with Gasteiger partial charge in [-0.3, -0.25) is 0 Å². The number of rotatable bonds is 2. The number of carboxylic acids is 1. The molecule has 2 aromatic rings. The molecule has 0 spiro atoms. The van der Waals surface area contributed by atoms with Gasteiger partial charge in [0, 0.05) is 5.39 Å². The molecule has 0 atom stereocenters. The molecule has 1 heterocycles. The van der Waals surface area contributed by atoms with E-state index in [0.717, 1.165) is 10.9 Å². The highest BCUT2D eigenvalue weighted by atomic mass is 35.5. The molecule has 0 radical (unpaired) electrons. The highest BCUT2D eigenvalue weighted by molar-refractivity contribution is 6.32. The SMILES string of the molecule is O=C(O)c1cc2ccc(C3CC3)cc2nc1Cl. The Morgan fingerprint density at radius 1 is 1.35 bits per heavy atom. The monoisotopic (exact) mass is 247 g/mol. The molecule has 1 fully saturated rings. The quantitative estimate of drug-likeness (QED) is 0.827. The summed E-state index contributed by atoms with van der Waals surface area (Å²) in [5, 5.41) is 9.82. The van der Waals surface area contributed by atoms with Crippen LogP contribution in [0.5, 0.6) is 0 Å². The first kappa shape index (κ1) is 10.5. The smallest absolute Gasteiger partial charge is 0.338 e. The fraction of sp³-hybridized carbons (Fsp3) is 0.231. The van der Waals surface area contributed by atoms with E-state index in [-0.39, 0.29) is 10.7 Å². The molecule has 1 aromatic heterocycles. The van der Waals surface area contributed by atoms with E-state index in [2.05, 4.69) is 4.98 Å². The fourth-order valence-corrected chi connectivity index (χ4v) is 2.21. The Labute approximate surface area is 103 Å². The molecule has 0 aliphatic heterocycles. The molecule has 1 aliphatic carbocycles. The maximum Gasteiger partial charge on any atom is 0.338 e. The van der Waals surface area contributed by atoms with Gasteiger partial charge in [-0.1, -0.05) is 23.7 Å². The Balaban J connectivity index is 2.18. The molecular formula is C13H10ClNO2. The van der Waals surface area contributed by atoms with Gasteiger partial charge in [0.05, 0.1) is 11.1 Å². The average molecular weight is 248 g/mol. The molecule has 0 amide bonds. The Morgan fingerprint density at radius 2 is 2.12 bits per heavy atom. The first-order valence-electron chi connectivity index (χ1n) is 5.48. The average Bonchev–Trinajstić information content (AvgIpc) is 3.10. The standard InChI is InChI=1S/C13H10ClNO2/c14-12-10(13(16)17)5-9-4-3-8(7-1-2-7)6-11(9)15-12/h3-7H,1-2H2,(H,16,17). The van der Waals surface area contributed by atoms with Gasteiger partial charge in [0.1, 0.15) is 5.15 Å². The minimum Gasteiger partial charge on any atom is -0.478 e. The number of aromatic carboxylic acids is 1. The van der Waals surface area contributed by atoms with Crippen LogP contribution in [0.25, 0.3) is 10.9 Å². The zero-order chi connectivity index (χ0) is 12.0. The number of aromatic nitrogens is 1. The summed E-state index contributed by atoms with van der Waals surface area (Å²) in [6.07, 6.45) is 2.46. The summed E-state index contributed by atoms with van der Waals surface area (Å²) >= 11 is 5.85. The highest BCUT2D eigenvalue weighted by Gasteiger charge is 2.23. The van der Waals surface area contributed by atoms with Crippen LogP contribution in [0.2, 0.25) is 5.15 Å². The van der Waals surface area contributed by atoms with Crippen LogP contribution in [0, 0.1) is 0 Å². The molecule has 1 N–H and O–H groups in total. The van der Waals surface area contributed by atoms with Crippen LogP contribution < -0.4 is 0 Å². The first-order chi connectivity index (χ1) is 8.15. The Morgan fingerprint density at radius 3 is 2.76 bits per heavy atom. The van der Waals surface area contributed by atoms with Crippen LogP contribution in [-0.2, 0) is 0 Å². The summed E-state index contributed by atoms with van der Waals surface area (Å²) in [6, 6.07) is 7.54. The van der Waals surface area contributed by atoms with Gasteiger partial charge in [-0.15, -0.1) is 0 Å². The predicted octanol–water partition coefficient (Wildman–Crippen LogP) is 3.46. The van der Waals surface area contributed by atoms with Gasteiger partial charge >= 0.3 is 5.97 Å². The second-order valence-electron chi connectivity index (χ2n) is 4.36. The van der Waals surface area contributed by atoms with E-state index in [1.807, 2.05) is 18.2 Å². The van der Waals surface area contributed by atoms with Gasteiger partial charge < -0.3 is 5.11 Å². The number of benzene rings is 1. The van der Waals surface area contributed by atoms with Crippen molar-refractivity contribution in [1.29, 1.82) is 0 Å². The highest BCUT2D eigenvalue weighted by Crippen LogP contribution is 2.40. The number of hydrogen-bond acceptors (Lipinski definition) is 2. The first-order valence-corrected chi connectivity index (χ1v) is 5.86. The largest absolute Gasteiger partial charge is 0.478 e. The molecular weight excluding hydrogens is 238 g/mol. The zero-order valence-electron chi connectivity index (χ0n) is 8.98. The van der Waals surface area contributed by atoms with E-state index < -0.39 is 5.97 Å². The molecule has 1 aromatic carbocycles. The van der Waals surface area contributed by atoms with E-state index >= 15 is 0 Å². The summed E-state index contributed by atoms with van der Waals surface area (Å²) in [5.41, 5.74) is 2.09. The molecule has 3 nitrogen and oxygen atoms in total. The maximum atomic E-state index is 10.9. The predicted molar refractivity (Wildman–Crippen MR) is 65.7 cm³/mol. The van der Waals surface area contributed by atoms with Gasteiger partial charge in [0.15, 0.2) is 0 Å². The third kappa shape index (κ3) is 1.87. The van der Waals surface area contributed by atoms with Crippen molar-refractivity contribution in [2.24, 2.45) is 0 Å². The van der Waals surface area contributed by atoms with E-state index in [4.69, 9.17) is 16.7 Å². The molecule has 17 heavy (non-hydrogen) atoms. The molecule has 1 aliphatic rings. The minimum atomic E-state index is -1.05.